The van der Waals surface area contributed by atoms with Crippen molar-refractivity contribution in [3.63, 3.8) is 0 Å². The van der Waals surface area contributed by atoms with Gasteiger partial charge in [-0.3, -0.25) is 10.1 Å². The molecule has 0 fully saturated rings. The number of rotatable bonds is 8. The van der Waals surface area contributed by atoms with E-state index in [2.05, 4.69) is 17.4 Å². The van der Waals surface area contributed by atoms with Gasteiger partial charge in [-0.2, -0.15) is 0 Å². The molecule has 0 atom stereocenters. The molecular weight excluding hydrogens is 264 g/mol. The van der Waals surface area contributed by atoms with Crippen LogP contribution >= 0.6 is 0 Å². The van der Waals surface area contributed by atoms with E-state index in [0.717, 1.165) is 37.9 Å². The topological polar surface area (TPSA) is 55.2 Å². The minimum absolute atomic E-state index is 0.156. The summed E-state index contributed by atoms with van der Waals surface area (Å²) >= 11 is 0. The fourth-order valence-corrected chi connectivity index (χ4v) is 2.19. The molecule has 2 aromatic rings. The van der Waals surface area contributed by atoms with Gasteiger partial charge < -0.3 is 5.32 Å². The van der Waals surface area contributed by atoms with Crippen LogP contribution in [0.25, 0.3) is 0 Å². The summed E-state index contributed by atoms with van der Waals surface area (Å²) in [6.45, 7) is 1.89. The second kappa shape index (κ2) is 8.17. The molecule has 2 rings (SSSR count). The lowest BCUT2D eigenvalue weighted by Gasteiger charge is -2.05. The Kier molecular flexibility index (Phi) is 5.91. The normalized spacial score (nSPS) is 10.5. The highest BCUT2D eigenvalue weighted by Crippen LogP contribution is 2.13. The molecule has 0 spiro atoms. The molecule has 1 N–H and O–H groups in total. The molecule has 0 aliphatic heterocycles. The Bertz CT molecular complexity index is 553. The van der Waals surface area contributed by atoms with Crippen LogP contribution in [0.1, 0.15) is 24.0 Å². The van der Waals surface area contributed by atoms with Gasteiger partial charge in [-0.15, -0.1) is 0 Å². The van der Waals surface area contributed by atoms with Crippen LogP contribution in [0.2, 0.25) is 0 Å². The van der Waals surface area contributed by atoms with Gasteiger partial charge in [0.15, 0.2) is 0 Å². The minimum Gasteiger partial charge on any atom is -0.313 e. The molecular formula is C17H20N2O2. The van der Waals surface area contributed by atoms with E-state index in [-0.39, 0.29) is 10.6 Å². The van der Waals surface area contributed by atoms with Crippen LogP contribution in [0.4, 0.5) is 5.69 Å². The van der Waals surface area contributed by atoms with Gasteiger partial charge in [0.25, 0.3) is 5.69 Å². The lowest BCUT2D eigenvalue weighted by Crippen LogP contribution is -2.14. The van der Waals surface area contributed by atoms with Gasteiger partial charge in [-0.25, -0.2) is 0 Å². The van der Waals surface area contributed by atoms with E-state index in [0.29, 0.717) is 0 Å². The van der Waals surface area contributed by atoms with Gasteiger partial charge in [-0.1, -0.05) is 42.5 Å². The van der Waals surface area contributed by atoms with Crippen LogP contribution < -0.4 is 5.32 Å². The molecule has 21 heavy (non-hydrogen) atoms. The number of non-ortho nitro benzene ring substituents is 1. The van der Waals surface area contributed by atoms with Crippen LogP contribution in [-0.2, 0) is 13.0 Å². The number of nitrogens with one attached hydrogen (secondary N) is 1. The zero-order valence-corrected chi connectivity index (χ0v) is 12.0. The van der Waals surface area contributed by atoms with Crippen molar-refractivity contribution in [2.45, 2.75) is 25.8 Å². The smallest absolute Gasteiger partial charge is 0.269 e. The molecule has 0 aliphatic carbocycles. The van der Waals surface area contributed by atoms with Gasteiger partial charge in [0.05, 0.1) is 4.92 Å². The van der Waals surface area contributed by atoms with E-state index in [1.54, 1.807) is 12.1 Å². The highest BCUT2D eigenvalue weighted by Gasteiger charge is 2.03. The van der Waals surface area contributed by atoms with Gasteiger partial charge in [0.2, 0.25) is 0 Å². The number of nitro groups is 1. The number of benzene rings is 2. The third-order valence-electron chi connectivity index (χ3n) is 3.39. The summed E-state index contributed by atoms with van der Waals surface area (Å²) in [6, 6.07) is 17.2. The van der Waals surface area contributed by atoms with E-state index in [9.17, 15) is 10.1 Å². The molecule has 4 heteroatoms. The summed E-state index contributed by atoms with van der Waals surface area (Å²) in [5.74, 6) is 0. The van der Waals surface area contributed by atoms with E-state index in [1.165, 1.54) is 5.56 Å². The fraction of sp³-hybridized carbons (Fsp3) is 0.294. The first-order valence-electron chi connectivity index (χ1n) is 7.24. The fourth-order valence-electron chi connectivity index (χ4n) is 2.19. The summed E-state index contributed by atoms with van der Waals surface area (Å²) in [6.07, 6.45) is 3.15. The van der Waals surface area contributed by atoms with Crippen molar-refractivity contribution in [3.8, 4) is 0 Å². The summed E-state index contributed by atoms with van der Waals surface area (Å²) in [5, 5.41) is 14.0. The Morgan fingerprint density at radius 3 is 2.29 bits per heavy atom. The summed E-state index contributed by atoms with van der Waals surface area (Å²) in [5.41, 5.74) is 2.61. The first-order chi connectivity index (χ1) is 10.3. The molecule has 0 aromatic heterocycles. The molecule has 2 aromatic carbocycles. The van der Waals surface area contributed by atoms with E-state index in [1.807, 2.05) is 30.3 Å². The van der Waals surface area contributed by atoms with E-state index in [4.69, 9.17) is 0 Å². The maximum atomic E-state index is 10.6. The summed E-state index contributed by atoms with van der Waals surface area (Å²) in [7, 11) is 0. The van der Waals surface area contributed by atoms with Gasteiger partial charge >= 0.3 is 0 Å². The molecule has 0 saturated heterocycles. The quantitative estimate of drug-likeness (QED) is 0.457. The zero-order chi connectivity index (χ0) is 14.9. The first-order valence-corrected chi connectivity index (χ1v) is 7.24. The van der Waals surface area contributed by atoms with E-state index >= 15 is 0 Å². The van der Waals surface area contributed by atoms with Crippen molar-refractivity contribution in [1.82, 2.24) is 5.32 Å². The number of hydrogen-bond acceptors (Lipinski definition) is 3. The van der Waals surface area contributed by atoms with Crippen LogP contribution in [0.5, 0.6) is 0 Å². The average Bonchev–Trinajstić information content (AvgIpc) is 2.52. The SMILES string of the molecule is O=[N+]([O-])c1ccc(CCCCNCc2ccccc2)cc1. The Hall–Kier alpha value is -2.20. The molecule has 110 valence electrons. The largest absolute Gasteiger partial charge is 0.313 e. The molecule has 0 radical (unpaired) electrons. The zero-order valence-electron chi connectivity index (χ0n) is 12.0. The Labute approximate surface area is 125 Å². The van der Waals surface area contributed by atoms with Crippen molar-refractivity contribution in [2.24, 2.45) is 0 Å². The van der Waals surface area contributed by atoms with Crippen molar-refractivity contribution < 1.29 is 4.92 Å². The Balaban J connectivity index is 1.60. The van der Waals surface area contributed by atoms with Crippen LogP contribution in [0, 0.1) is 10.1 Å². The lowest BCUT2D eigenvalue weighted by molar-refractivity contribution is -0.384. The van der Waals surface area contributed by atoms with Gasteiger partial charge in [0.1, 0.15) is 0 Å². The number of aryl methyl sites for hydroxylation is 1. The van der Waals surface area contributed by atoms with Gasteiger partial charge in [0, 0.05) is 18.7 Å². The number of nitro benzene ring substituents is 1. The number of hydrogen-bond donors (Lipinski definition) is 1. The number of unbranched alkanes of at least 4 members (excludes halogenated alkanes) is 1. The van der Waals surface area contributed by atoms with Crippen molar-refractivity contribution in [2.75, 3.05) is 6.54 Å². The molecule has 0 heterocycles. The van der Waals surface area contributed by atoms with E-state index < -0.39 is 0 Å². The highest BCUT2D eigenvalue weighted by atomic mass is 16.6. The maximum absolute atomic E-state index is 10.6. The summed E-state index contributed by atoms with van der Waals surface area (Å²) in [4.78, 5) is 10.2. The minimum atomic E-state index is -0.364. The Morgan fingerprint density at radius 2 is 1.62 bits per heavy atom. The van der Waals surface area contributed by atoms with Crippen molar-refractivity contribution in [1.29, 1.82) is 0 Å². The lowest BCUT2D eigenvalue weighted by atomic mass is 10.1. The van der Waals surface area contributed by atoms with Gasteiger partial charge in [-0.05, 0) is 36.9 Å². The third kappa shape index (κ3) is 5.36. The molecule has 0 unspecified atom stereocenters. The molecule has 0 aliphatic rings. The van der Waals surface area contributed by atoms with Crippen LogP contribution in [0.3, 0.4) is 0 Å². The molecule has 0 bridgehead atoms. The first kappa shape index (κ1) is 15.2. The predicted octanol–water partition coefficient (Wildman–Crippen LogP) is 3.71. The molecule has 0 amide bonds. The molecule has 4 nitrogen and oxygen atoms in total. The monoisotopic (exact) mass is 284 g/mol. The Morgan fingerprint density at radius 1 is 0.905 bits per heavy atom. The predicted molar refractivity (Wildman–Crippen MR) is 84.2 cm³/mol. The van der Waals surface area contributed by atoms with Crippen LogP contribution in [-0.4, -0.2) is 11.5 Å². The second-order valence-electron chi connectivity index (χ2n) is 5.04. The number of nitrogens with zero attached hydrogens (tertiary/aromatic N) is 1. The molecule has 0 saturated carbocycles. The van der Waals surface area contributed by atoms with Crippen molar-refractivity contribution in [3.05, 3.63) is 75.8 Å². The average molecular weight is 284 g/mol. The maximum Gasteiger partial charge on any atom is 0.269 e. The van der Waals surface area contributed by atoms with Crippen LogP contribution in [0.15, 0.2) is 54.6 Å². The highest BCUT2D eigenvalue weighted by molar-refractivity contribution is 5.32. The van der Waals surface area contributed by atoms with Crippen molar-refractivity contribution >= 4 is 5.69 Å². The second-order valence-corrected chi connectivity index (χ2v) is 5.04. The summed E-state index contributed by atoms with van der Waals surface area (Å²) < 4.78 is 0. The third-order valence-corrected chi connectivity index (χ3v) is 3.39. The standard InChI is InChI=1S/C17H20N2O2/c20-19(21)17-11-9-15(10-12-17)6-4-5-13-18-14-16-7-2-1-3-8-16/h1-3,7-12,18H,4-6,13-14H2.